The van der Waals surface area contributed by atoms with Crippen molar-refractivity contribution in [2.24, 2.45) is 0 Å². The predicted octanol–water partition coefficient (Wildman–Crippen LogP) is -3.29. The smallest absolute Gasteiger partial charge is 0.390 e. The SMILES string of the molecule is N#Cc1n[nH]c2n[c-]nc(-n3ccc(CO)n3)c12.[K+]. The van der Waals surface area contributed by atoms with Crippen molar-refractivity contribution in [2.75, 3.05) is 0 Å². The van der Waals surface area contributed by atoms with Crippen molar-refractivity contribution < 1.29 is 56.5 Å². The number of nitriles is 1. The summed E-state index contributed by atoms with van der Waals surface area (Å²) in [5.74, 6) is 0.394. The summed E-state index contributed by atoms with van der Waals surface area (Å²) in [6, 6.07) is 3.61. The maximum Gasteiger partial charge on any atom is 1.00 e. The van der Waals surface area contributed by atoms with Crippen molar-refractivity contribution in [3.05, 3.63) is 30.0 Å². The quantitative estimate of drug-likeness (QED) is 0.375. The van der Waals surface area contributed by atoms with Gasteiger partial charge in [-0.3, -0.25) is 4.68 Å². The molecule has 0 aliphatic rings. The van der Waals surface area contributed by atoms with Crippen LogP contribution in [0, 0.1) is 17.7 Å². The van der Waals surface area contributed by atoms with E-state index in [1.54, 1.807) is 12.3 Å². The van der Waals surface area contributed by atoms with Gasteiger partial charge in [0.2, 0.25) is 0 Å². The van der Waals surface area contributed by atoms with E-state index in [1.807, 2.05) is 6.07 Å². The number of H-pyrrole nitrogens is 1. The van der Waals surface area contributed by atoms with Crippen LogP contribution in [-0.4, -0.2) is 35.1 Å². The van der Waals surface area contributed by atoms with E-state index in [4.69, 9.17) is 10.4 Å². The number of aliphatic hydroxyl groups is 1. The topological polar surface area (TPSA) is 116 Å². The molecule has 0 fully saturated rings. The summed E-state index contributed by atoms with van der Waals surface area (Å²) >= 11 is 0. The summed E-state index contributed by atoms with van der Waals surface area (Å²) in [6.07, 6.45) is 4.10. The Morgan fingerprint density at radius 3 is 3.00 bits per heavy atom. The average molecular weight is 279 g/mol. The molecule has 19 heavy (non-hydrogen) atoms. The van der Waals surface area contributed by atoms with Crippen LogP contribution < -0.4 is 51.4 Å². The summed E-state index contributed by atoms with van der Waals surface area (Å²) < 4.78 is 1.45. The zero-order valence-corrected chi connectivity index (χ0v) is 13.1. The van der Waals surface area contributed by atoms with Gasteiger partial charge in [-0.05, 0) is 11.5 Å². The van der Waals surface area contributed by atoms with Crippen molar-refractivity contribution in [2.45, 2.75) is 6.61 Å². The molecule has 0 saturated carbocycles. The molecule has 3 aromatic heterocycles. The Bertz CT molecular complexity index is 757. The number of nitrogens with zero attached hydrogens (tertiary/aromatic N) is 6. The van der Waals surface area contributed by atoms with Crippen molar-refractivity contribution in [1.82, 2.24) is 29.9 Å². The maximum absolute atomic E-state index is 8.98. The number of hydrogen-bond acceptors (Lipinski definition) is 6. The minimum Gasteiger partial charge on any atom is -0.390 e. The Hall–Kier alpha value is -1.15. The van der Waals surface area contributed by atoms with Crippen LogP contribution >= 0.6 is 0 Å². The molecule has 0 saturated heterocycles. The van der Waals surface area contributed by atoms with Crippen LogP contribution in [0.5, 0.6) is 0 Å². The molecule has 0 bridgehead atoms. The van der Waals surface area contributed by atoms with Gasteiger partial charge in [0.1, 0.15) is 11.8 Å². The first-order chi connectivity index (χ1) is 8.83. The first-order valence-electron chi connectivity index (χ1n) is 5.01. The Labute approximate surface area is 149 Å². The van der Waals surface area contributed by atoms with Crippen LogP contribution in [0.3, 0.4) is 0 Å². The maximum atomic E-state index is 8.98. The van der Waals surface area contributed by atoms with Crippen LogP contribution in [0.2, 0.25) is 0 Å². The number of aromatic amines is 1. The number of nitrogens with one attached hydrogen (secondary N) is 1. The van der Waals surface area contributed by atoms with Crippen LogP contribution in [0.25, 0.3) is 16.9 Å². The van der Waals surface area contributed by atoms with Crippen molar-refractivity contribution in [3.63, 3.8) is 0 Å². The molecule has 3 aromatic rings. The van der Waals surface area contributed by atoms with Crippen molar-refractivity contribution in [1.29, 1.82) is 5.26 Å². The molecule has 88 valence electrons. The van der Waals surface area contributed by atoms with Gasteiger partial charge in [0.25, 0.3) is 0 Å². The molecule has 0 amide bonds. The zero-order valence-electron chi connectivity index (χ0n) is 9.99. The molecular weight excluding hydrogens is 273 g/mol. The third kappa shape index (κ3) is 2.46. The molecule has 3 heterocycles. The predicted molar refractivity (Wildman–Crippen MR) is 58.3 cm³/mol. The number of hydrogen-bond donors (Lipinski definition) is 2. The fraction of sp³-hybridized carbons (Fsp3) is 0.100. The fourth-order valence-corrected chi connectivity index (χ4v) is 1.61. The third-order valence-electron chi connectivity index (χ3n) is 2.42. The Morgan fingerprint density at radius 1 is 1.47 bits per heavy atom. The molecule has 0 atom stereocenters. The van der Waals surface area contributed by atoms with Crippen molar-refractivity contribution in [3.8, 4) is 11.9 Å². The number of aromatic nitrogens is 6. The summed E-state index contributed by atoms with van der Waals surface area (Å²) in [5.41, 5.74) is 1.11. The summed E-state index contributed by atoms with van der Waals surface area (Å²) in [7, 11) is 0. The van der Waals surface area contributed by atoms with E-state index < -0.39 is 0 Å². The summed E-state index contributed by atoms with van der Waals surface area (Å²) in [6.45, 7) is -0.165. The third-order valence-corrected chi connectivity index (χ3v) is 2.42. The van der Waals surface area contributed by atoms with Crippen LogP contribution in [0.1, 0.15) is 11.4 Å². The first kappa shape index (κ1) is 14.3. The van der Waals surface area contributed by atoms with Crippen LogP contribution in [0.4, 0.5) is 0 Å². The van der Waals surface area contributed by atoms with E-state index in [9.17, 15) is 0 Å². The molecule has 9 heteroatoms. The molecule has 0 radical (unpaired) electrons. The van der Waals surface area contributed by atoms with Crippen molar-refractivity contribution >= 4 is 11.0 Å². The Morgan fingerprint density at radius 2 is 2.32 bits per heavy atom. The van der Waals surface area contributed by atoms with Gasteiger partial charge >= 0.3 is 51.4 Å². The molecule has 0 aliphatic heterocycles. The number of rotatable bonds is 2. The standard InChI is InChI=1S/C10H6N7O.K/c11-3-7-8-9(15-14-7)12-5-13-10(8)17-2-1-6(4-18)16-17;/h1-2,18H,4H2,(H,12,13,14,15);/q-1;+1. The normalized spacial score (nSPS) is 10.1. The molecule has 3 rings (SSSR count). The summed E-state index contributed by atoms with van der Waals surface area (Å²) in [5, 5.41) is 29.0. The monoisotopic (exact) mass is 279 g/mol. The minimum absolute atomic E-state index is 0. The van der Waals surface area contributed by atoms with Gasteiger partial charge in [-0.1, -0.05) is 0 Å². The average Bonchev–Trinajstić information content (AvgIpc) is 3.04. The molecule has 0 unspecified atom stereocenters. The molecular formula is C10H6KN7O. The second-order valence-corrected chi connectivity index (χ2v) is 3.46. The van der Waals surface area contributed by atoms with E-state index in [0.717, 1.165) is 0 Å². The molecule has 0 spiro atoms. The second kappa shape index (κ2) is 5.87. The van der Waals surface area contributed by atoms with Gasteiger partial charge in [0.05, 0.1) is 18.1 Å². The van der Waals surface area contributed by atoms with Gasteiger partial charge in [0.15, 0.2) is 0 Å². The Kier molecular flexibility index (Phi) is 4.41. The second-order valence-electron chi connectivity index (χ2n) is 3.46. The van der Waals surface area contributed by atoms with Gasteiger partial charge in [-0.15, -0.1) is 0 Å². The van der Waals surface area contributed by atoms with E-state index >= 15 is 0 Å². The molecule has 0 aliphatic carbocycles. The summed E-state index contributed by atoms with van der Waals surface area (Å²) in [4.78, 5) is 7.84. The van der Waals surface area contributed by atoms with Gasteiger partial charge in [0, 0.05) is 18.2 Å². The first-order valence-corrected chi connectivity index (χ1v) is 5.01. The van der Waals surface area contributed by atoms with E-state index in [2.05, 4.69) is 31.6 Å². The van der Waals surface area contributed by atoms with E-state index in [1.165, 1.54) is 4.68 Å². The van der Waals surface area contributed by atoms with Gasteiger partial charge in [-0.25, -0.2) is 0 Å². The largest absolute Gasteiger partial charge is 1.00 e. The van der Waals surface area contributed by atoms with Crippen LogP contribution in [-0.2, 0) is 6.61 Å². The van der Waals surface area contributed by atoms with Gasteiger partial charge < -0.3 is 20.2 Å². The van der Waals surface area contributed by atoms with Crippen LogP contribution in [0.15, 0.2) is 12.3 Å². The number of aliphatic hydroxyl groups excluding tert-OH is 1. The van der Waals surface area contributed by atoms with Gasteiger partial charge in [-0.2, -0.15) is 15.5 Å². The molecule has 2 N–H and O–H groups in total. The molecule has 0 aromatic carbocycles. The van der Waals surface area contributed by atoms with E-state index in [0.29, 0.717) is 22.5 Å². The van der Waals surface area contributed by atoms with E-state index in [-0.39, 0.29) is 63.7 Å². The number of fused-ring (bicyclic) bond motifs is 1. The molecule has 8 nitrogen and oxygen atoms in total. The minimum atomic E-state index is -0.165. The zero-order chi connectivity index (χ0) is 12.5. The Balaban J connectivity index is 0.00000133. The fourth-order valence-electron chi connectivity index (χ4n) is 1.61.